The van der Waals surface area contributed by atoms with Crippen LogP contribution in [0.2, 0.25) is 0 Å². The highest BCUT2D eigenvalue weighted by Crippen LogP contribution is 2.19. The van der Waals surface area contributed by atoms with Gasteiger partial charge in [0.2, 0.25) is 5.91 Å². The molecule has 2 amide bonds. The molecule has 2 unspecified atom stereocenters. The molecule has 1 aliphatic rings. The standard InChI is InChI=1S/C19H25F3N2O4/c1-3-8-24(19(26)12(2)28-11-13-5-4-9-27-13)10-16(25)23-15-7-6-14(20)17(21)18(15)22/h6-7,12-13H,3-5,8-11H2,1-2H3,(H,23,25). The summed E-state index contributed by atoms with van der Waals surface area (Å²) >= 11 is 0. The van der Waals surface area contributed by atoms with Crippen molar-refractivity contribution in [1.82, 2.24) is 4.90 Å². The highest BCUT2D eigenvalue weighted by molar-refractivity contribution is 5.95. The average molecular weight is 402 g/mol. The zero-order valence-corrected chi connectivity index (χ0v) is 16.0. The van der Waals surface area contributed by atoms with Crippen molar-refractivity contribution < 1.29 is 32.2 Å². The first kappa shape index (κ1) is 22.2. The summed E-state index contributed by atoms with van der Waals surface area (Å²) in [7, 11) is 0. The fraction of sp³-hybridized carbons (Fsp3) is 0.579. The minimum Gasteiger partial charge on any atom is -0.376 e. The number of nitrogens with zero attached hydrogens (tertiary/aromatic N) is 1. The van der Waals surface area contributed by atoms with Crippen LogP contribution < -0.4 is 5.32 Å². The van der Waals surface area contributed by atoms with Gasteiger partial charge in [-0.15, -0.1) is 0 Å². The van der Waals surface area contributed by atoms with Crippen LogP contribution in [0.25, 0.3) is 0 Å². The van der Waals surface area contributed by atoms with Crippen LogP contribution in [0.1, 0.15) is 33.1 Å². The van der Waals surface area contributed by atoms with Gasteiger partial charge in [0.15, 0.2) is 17.5 Å². The van der Waals surface area contributed by atoms with Gasteiger partial charge in [0, 0.05) is 13.2 Å². The lowest BCUT2D eigenvalue weighted by molar-refractivity contribution is -0.146. The van der Waals surface area contributed by atoms with E-state index in [0.29, 0.717) is 32.2 Å². The number of rotatable bonds is 9. The van der Waals surface area contributed by atoms with E-state index in [2.05, 4.69) is 5.32 Å². The minimum absolute atomic E-state index is 0.0329. The quantitative estimate of drug-likeness (QED) is 0.645. The first-order chi connectivity index (χ1) is 13.3. The Morgan fingerprint density at radius 1 is 1.32 bits per heavy atom. The Balaban J connectivity index is 1.93. The van der Waals surface area contributed by atoms with Crippen LogP contribution in [0.5, 0.6) is 0 Å². The Hall–Kier alpha value is -2.13. The van der Waals surface area contributed by atoms with Gasteiger partial charge in [-0.3, -0.25) is 9.59 Å². The number of anilines is 1. The first-order valence-electron chi connectivity index (χ1n) is 9.28. The lowest BCUT2D eigenvalue weighted by Gasteiger charge is -2.25. The SMILES string of the molecule is CCCN(CC(=O)Nc1ccc(F)c(F)c1F)C(=O)C(C)OCC1CCCO1. The van der Waals surface area contributed by atoms with Crippen molar-refractivity contribution in [2.45, 2.75) is 45.3 Å². The van der Waals surface area contributed by atoms with Gasteiger partial charge in [-0.25, -0.2) is 13.2 Å². The maximum atomic E-state index is 13.7. The fourth-order valence-electron chi connectivity index (χ4n) is 2.88. The van der Waals surface area contributed by atoms with E-state index in [-0.39, 0.29) is 18.6 Å². The number of benzene rings is 1. The molecule has 9 heteroatoms. The summed E-state index contributed by atoms with van der Waals surface area (Å²) < 4.78 is 51.0. The number of amides is 2. The highest BCUT2D eigenvalue weighted by atomic mass is 19.2. The molecule has 6 nitrogen and oxygen atoms in total. The summed E-state index contributed by atoms with van der Waals surface area (Å²) in [5.74, 6) is -5.63. The van der Waals surface area contributed by atoms with Gasteiger partial charge >= 0.3 is 0 Å². The molecular formula is C19H25F3N2O4. The van der Waals surface area contributed by atoms with Gasteiger partial charge in [-0.05, 0) is 38.3 Å². The first-order valence-corrected chi connectivity index (χ1v) is 9.28. The largest absolute Gasteiger partial charge is 0.376 e. The molecule has 1 N–H and O–H groups in total. The van der Waals surface area contributed by atoms with Gasteiger partial charge in [-0.1, -0.05) is 6.92 Å². The van der Waals surface area contributed by atoms with E-state index in [1.807, 2.05) is 6.92 Å². The molecule has 156 valence electrons. The number of halogens is 3. The van der Waals surface area contributed by atoms with Crippen LogP contribution in [-0.4, -0.2) is 55.2 Å². The third kappa shape index (κ3) is 5.93. The van der Waals surface area contributed by atoms with Crippen LogP contribution in [0.3, 0.4) is 0 Å². The van der Waals surface area contributed by atoms with Crippen molar-refractivity contribution in [1.29, 1.82) is 0 Å². The molecular weight excluding hydrogens is 377 g/mol. The number of carbonyl (C=O) groups excluding carboxylic acids is 2. The highest BCUT2D eigenvalue weighted by Gasteiger charge is 2.25. The zero-order chi connectivity index (χ0) is 20.7. The lowest BCUT2D eigenvalue weighted by atomic mass is 10.2. The molecule has 0 aromatic heterocycles. The van der Waals surface area contributed by atoms with Gasteiger partial charge in [0.1, 0.15) is 6.10 Å². The van der Waals surface area contributed by atoms with E-state index < -0.39 is 35.2 Å². The number of carbonyl (C=O) groups is 2. The molecule has 0 aliphatic carbocycles. The Bertz CT molecular complexity index is 696. The third-order valence-corrected chi connectivity index (χ3v) is 4.35. The normalized spacial score (nSPS) is 17.4. The second-order valence-corrected chi connectivity index (χ2v) is 6.64. The summed E-state index contributed by atoms with van der Waals surface area (Å²) in [6.07, 6.45) is 1.62. The van der Waals surface area contributed by atoms with E-state index in [4.69, 9.17) is 9.47 Å². The maximum Gasteiger partial charge on any atom is 0.251 e. The Kier molecular flexibility index (Phi) is 8.25. The number of ether oxygens (including phenoxy) is 2. The van der Waals surface area contributed by atoms with Crippen LogP contribution in [-0.2, 0) is 19.1 Å². The van der Waals surface area contributed by atoms with E-state index in [0.717, 1.165) is 18.9 Å². The van der Waals surface area contributed by atoms with Crippen molar-refractivity contribution in [3.63, 3.8) is 0 Å². The average Bonchev–Trinajstić information content (AvgIpc) is 3.19. The summed E-state index contributed by atoms with van der Waals surface area (Å²) in [5.41, 5.74) is -0.490. The predicted molar refractivity (Wildman–Crippen MR) is 96.2 cm³/mol. The Labute approximate surface area is 162 Å². The predicted octanol–water partition coefficient (Wildman–Crippen LogP) is 2.87. The van der Waals surface area contributed by atoms with Gasteiger partial charge < -0.3 is 19.7 Å². The fourth-order valence-corrected chi connectivity index (χ4v) is 2.88. The van der Waals surface area contributed by atoms with Crippen molar-refractivity contribution in [3.05, 3.63) is 29.6 Å². The Morgan fingerprint density at radius 3 is 2.71 bits per heavy atom. The smallest absolute Gasteiger partial charge is 0.251 e. The third-order valence-electron chi connectivity index (χ3n) is 4.35. The van der Waals surface area contributed by atoms with Crippen LogP contribution in [0.4, 0.5) is 18.9 Å². The van der Waals surface area contributed by atoms with Crippen molar-refractivity contribution in [2.75, 3.05) is 31.6 Å². The van der Waals surface area contributed by atoms with Crippen molar-refractivity contribution in [2.24, 2.45) is 0 Å². The topological polar surface area (TPSA) is 67.9 Å². The number of hydrogen-bond acceptors (Lipinski definition) is 4. The van der Waals surface area contributed by atoms with Gasteiger partial charge in [0.25, 0.3) is 5.91 Å². The zero-order valence-electron chi connectivity index (χ0n) is 16.0. The van der Waals surface area contributed by atoms with Gasteiger partial charge in [0.05, 0.1) is 24.9 Å². The monoisotopic (exact) mass is 402 g/mol. The molecule has 1 fully saturated rings. The van der Waals surface area contributed by atoms with E-state index >= 15 is 0 Å². The van der Waals surface area contributed by atoms with Crippen LogP contribution >= 0.6 is 0 Å². The van der Waals surface area contributed by atoms with E-state index in [1.54, 1.807) is 6.92 Å². The lowest BCUT2D eigenvalue weighted by Crippen LogP contribution is -2.44. The summed E-state index contributed by atoms with van der Waals surface area (Å²) in [6, 6.07) is 1.63. The molecule has 28 heavy (non-hydrogen) atoms. The van der Waals surface area contributed by atoms with Crippen molar-refractivity contribution in [3.8, 4) is 0 Å². The minimum atomic E-state index is -1.67. The summed E-state index contributed by atoms with van der Waals surface area (Å²) in [5, 5.41) is 2.16. The number of nitrogens with one attached hydrogen (secondary N) is 1. The summed E-state index contributed by atoms with van der Waals surface area (Å²) in [4.78, 5) is 26.1. The maximum absolute atomic E-state index is 13.7. The molecule has 1 heterocycles. The van der Waals surface area contributed by atoms with Crippen LogP contribution in [0, 0.1) is 17.5 Å². The van der Waals surface area contributed by atoms with Crippen LogP contribution in [0.15, 0.2) is 12.1 Å². The molecule has 1 aromatic rings. The molecule has 1 aliphatic heterocycles. The molecule has 0 radical (unpaired) electrons. The molecule has 0 spiro atoms. The molecule has 1 aromatic carbocycles. The molecule has 2 atom stereocenters. The molecule has 2 rings (SSSR count). The van der Waals surface area contributed by atoms with E-state index in [1.165, 1.54) is 4.90 Å². The number of hydrogen-bond donors (Lipinski definition) is 1. The van der Waals surface area contributed by atoms with E-state index in [9.17, 15) is 22.8 Å². The summed E-state index contributed by atoms with van der Waals surface area (Å²) in [6.45, 7) is 4.33. The second kappa shape index (κ2) is 10.4. The van der Waals surface area contributed by atoms with Gasteiger partial charge in [-0.2, -0.15) is 0 Å². The Morgan fingerprint density at radius 2 is 2.07 bits per heavy atom. The van der Waals surface area contributed by atoms with Crippen molar-refractivity contribution >= 4 is 17.5 Å². The molecule has 0 bridgehead atoms. The second-order valence-electron chi connectivity index (χ2n) is 6.64. The molecule has 0 saturated carbocycles. The molecule has 1 saturated heterocycles.